The number of rotatable bonds is 0. The molecule has 10 heavy (non-hydrogen) atoms. The van der Waals surface area contributed by atoms with Crippen LogP contribution in [0.4, 0.5) is 0 Å². The van der Waals surface area contributed by atoms with Gasteiger partial charge in [-0.15, -0.1) is 12.4 Å². The van der Waals surface area contributed by atoms with E-state index in [1.807, 2.05) is 0 Å². The van der Waals surface area contributed by atoms with Crippen LogP contribution in [0.2, 0.25) is 0 Å². The van der Waals surface area contributed by atoms with E-state index in [2.05, 4.69) is 17.3 Å². The highest BCUT2D eigenvalue weighted by molar-refractivity contribution is 5.85. The predicted octanol–water partition coefficient (Wildman–Crippen LogP) is 0.333. The quantitative estimate of drug-likeness (QED) is 0.553. The summed E-state index contributed by atoms with van der Waals surface area (Å²) in [5.74, 6) is 0. The topological polar surface area (TPSA) is 15.3 Å². The molecule has 0 saturated carbocycles. The van der Waals surface area contributed by atoms with Crippen molar-refractivity contribution in [3.63, 3.8) is 0 Å². The van der Waals surface area contributed by atoms with Crippen LogP contribution in [0.25, 0.3) is 0 Å². The lowest BCUT2D eigenvalue weighted by atomic mass is 9.80. The van der Waals surface area contributed by atoms with Crippen molar-refractivity contribution in [1.82, 2.24) is 10.2 Å². The van der Waals surface area contributed by atoms with Crippen LogP contribution < -0.4 is 5.32 Å². The Kier molecular flexibility index (Phi) is 2.23. The minimum atomic E-state index is 0. The zero-order valence-electron chi connectivity index (χ0n) is 6.39. The highest BCUT2D eigenvalue weighted by Crippen LogP contribution is 2.34. The zero-order valence-corrected chi connectivity index (χ0v) is 7.21. The number of hydrogen-bond donors (Lipinski definition) is 1. The van der Waals surface area contributed by atoms with Crippen LogP contribution >= 0.6 is 12.4 Å². The molecule has 0 amide bonds. The Bertz CT molecular complexity index is 113. The number of nitrogens with one attached hydrogen (secondary N) is 1. The summed E-state index contributed by atoms with van der Waals surface area (Å²) >= 11 is 0. The van der Waals surface area contributed by atoms with Crippen molar-refractivity contribution < 1.29 is 0 Å². The summed E-state index contributed by atoms with van der Waals surface area (Å²) in [4.78, 5) is 2.40. The van der Waals surface area contributed by atoms with Crippen LogP contribution in [0.15, 0.2) is 0 Å². The molecule has 2 heterocycles. The van der Waals surface area contributed by atoms with Crippen LogP contribution in [0.1, 0.15) is 6.42 Å². The molecular formula is C7H15ClN2. The van der Waals surface area contributed by atoms with Crippen LogP contribution in [0.5, 0.6) is 0 Å². The molecule has 60 valence electrons. The lowest BCUT2D eigenvalue weighted by molar-refractivity contribution is 0.0409. The van der Waals surface area contributed by atoms with Gasteiger partial charge >= 0.3 is 0 Å². The fraction of sp³-hybridized carbons (Fsp3) is 1.00. The first-order valence-corrected chi connectivity index (χ1v) is 3.70. The third-order valence-corrected chi connectivity index (χ3v) is 2.54. The van der Waals surface area contributed by atoms with Gasteiger partial charge in [0.1, 0.15) is 0 Å². The van der Waals surface area contributed by atoms with Crippen molar-refractivity contribution in [3.05, 3.63) is 0 Å². The molecule has 2 aliphatic heterocycles. The standard InChI is InChI=1S/C7H14N2.ClH/c1-9-5-7(6-9)2-3-8-4-7;/h8H,2-6H2,1H3;1H. The molecule has 0 unspecified atom stereocenters. The van der Waals surface area contributed by atoms with Gasteiger partial charge in [-0.05, 0) is 20.0 Å². The summed E-state index contributed by atoms with van der Waals surface area (Å²) in [7, 11) is 2.20. The van der Waals surface area contributed by atoms with Crippen LogP contribution in [0, 0.1) is 5.41 Å². The van der Waals surface area contributed by atoms with Gasteiger partial charge in [0.2, 0.25) is 0 Å². The van der Waals surface area contributed by atoms with Gasteiger partial charge in [-0.2, -0.15) is 0 Å². The summed E-state index contributed by atoms with van der Waals surface area (Å²) in [6.45, 7) is 5.14. The molecule has 2 aliphatic rings. The van der Waals surface area contributed by atoms with Crippen LogP contribution in [0.3, 0.4) is 0 Å². The van der Waals surface area contributed by atoms with E-state index in [1.54, 1.807) is 0 Å². The SMILES string of the molecule is CN1CC2(CCNC2)C1.Cl. The summed E-state index contributed by atoms with van der Waals surface area (Å²) in [6, 6.07) is 0. The second-order valence-electron chi connectivity index (χ2n) is 3.60. The van der Waals surface area contributed by atoms with Crippen molar-refractivity contribution >= 4 is 12.4 Å². The predicted molar refractivity (Wildman–Crippen MR) is 44.7 cm³/mol. The van der Waals surface area contributed by atoms with Gasteiger partial charge in [-0.3, -0.25) is 0 Å². The molecule has 0 aliphatic carbocycles. The smallest absolute Gasteiger partial charge is 0.00940 e. The van der Waals surface area contributed by atoms with E-state index >= 15 is 0 Å². The van der Waals surface area contributed by atoms with E-state index in [4.69, 9.17) is 0 Å². The largest absolute Gasteiger partial charge is 0.316 e. The Morgan fingerprint density at radius 1 is 1.40 bits per heavy atom. The van der Waals surface area contributed by atoms with Gasteiger partial charge in [0.15, 0.2) is 0 Å². The maximum absolute atomic E-state index is 3.41. The first kappa shape index (κ1) is 8.31. The number of nitrogens with zero attached hydrogens (tertiary/aromatic N) is 1. The third kappa shape index (κ3) is 1.16. The molecule has 0 aromatic carbocycles. The fourth-order valence-electron chi connectivity index (χ4n) is 2.16. The molecule has 0 radical (unpaired) electrons. The maximum Gasteiger partial charge on any atom is 0.00940 e. The Morgan fingerprint density at radius 2 is 2.10 bits per heavy atom. The summed E-state index contributed by atoms with van der Waals surface area (Å²) in [5.41, 5.74) is 0.703. The average Bonchev–Trinajstić information content (AvgIpc) is 2.12. The van der Waals surface area contributed by atoms with Crippen molar-refractivity contribution in [3.8, 4) is 0 Å². The minimum Gasteiger partial charge on any atom is -0.316 e. The lowest BCUT2D eigenvalue weighted by Crippen LogP contribution is -2.55. The van der Waals surface area contributed by atoms with Crippen molar-refractivity contribution in [2.75, 3.05) is 33.2 Å². The van der Waals surface area contributed by atoms with Crippen LogP contribution in [-0.4, -0.2) is 38.1 Å². The molecule has 0 bridgehead atoms. The Morgan fingerprint density at radius 3 is 2.50 bits per heavy atom. The molecule has 1 spiro atoms. The number of likely N-dealkylation sites (tertiary alicyclic amines) is 1. The van der Waals surface area contributed by atoms with Gasteiger partial charge in [0.25, 0.3) is 0 Å². The number of halogens is 1. The van der Waals surface area contributed by atoms with Crippen LogP contribution in [-0.2, 0) is 0 Å². The molecular weight excluding hydrogens is 148 g/mol. The molecule has 0 aromatic heterocycles. The van der Waals surface area contributed by atoms with E-state index in [-0.39, 0.29) is 12.4 Å². The lowest BCUT2D eigenvalue weighted by Gasteiger charge is -2.45. The van der Waals surface area contributed by atoms with Gasteiger partial charge in [-0.1, -0.05) is 0 Å². The van der Waals surface area contributed by atoms with E-state index in [0.29, 0.717) is 5.41 Å². The molecule has 2 rings (SSSR count). The number of hydrogen-bond acceptors (Lipinski definition) is 2. The Balaban J connectivity index is 0.000000500. The highest BCUT2D eigenvalue weighted by atomic mass is 35.5. The van der Waals surface area contributed by atoms with Gasteiger partial charge in [0, 0.05) is 25.0 Å². The molecule has 1 N–H and O–H groups in total. The monoisotopic (exact) mass is 162 g/mol. The first-order valence-electron chi connectivity index (χ1n) is 3.70. The second-order valence-corrected chi connectivity index (χ2v) is 3.60. The molecule has 0 atom stereocenters. The molecule has 0 aromatic rings. The van der Waals surface area contributed by atoms with E-state index < -0.39 is 0 Å². The Labute approximate surface area is 68.4 Å². The summed E-state index contributed by atoms with van der Waals surface area (Å²) < 4.78 is 0. The van der Waals surface area contributed by atoms with Crippen molar-refractivity contribution in [1.29, 1.82) is 0 Å². The fourth-order valence-corrected chi connectivity index (χ4v) is 2.16. The zero-order chi connectivity index (χ0) is 6.32. The van der Waals surface area contributed by atoms with E-state index in [9.17, 15) is 0 Å². The molecule has 2 fully saturated rings. The van der Waals surface area contributed by atoms with Gasteiger partial charge < -0.3 is 10.2 Å². The minimum absolute atomic E-state index is 0. The van der Waals surface area contributed by atoms with Crippen molar-refractivity contribution in [2.45, 2.75) is 6.42 Å². The average molecular weight is 163 g/mol. The van der Waals surface area contributed by atoms with Gasteiger partial charge in [0.05, 0.1) is 0 Å². The van der Waals surface area contributed by atoms with Crippen molar-refractivity contribution in [2.24, 2.45) is 5.41 Å². The first-order chi connectivity index (χ1) is 4.31. The normalized spacial score (nSPS) is 29.7. The van der Waals surface area contributed by atoms with Gasteiger partial charge in [-0.25, -0.2) is 0 Å². The molecule has 2 saturated heterocycles. The molecule has 3 heteroatoms. The summed E-state index contributed by atoms with van der Waals surface area (Å²) in [5, 5.41) is 3.41. The maximum atomic E-state index is 3.41. The summed E-state index contributed by atoms with van der Waals surface area (Å²) in [6.07, 6.45) is 1.40. The molecule has 2 nitrogen and oxygen atoms in total. The Hall–Kier alpha value is 0.210. The second kappa shape index (κ2) is 2.68. The van der Waals surface area contributed by atoms with E-state index in [0.717, 1.165) is 0 Å². The third-order valence-electron chi connectivity index (χ3n) is 2.54. The van der Waals surface area contributed by atoms with E-state index in [1.165, 1.54) is 32.6 Å². The highest BCUT2D eigenvalue weighted by Gasteiger charge is 2.42.